The monoisotopic (exact) mass is 473 g/mol. The molecule has 1 aliphatic heterocycles. The highest BCUT2D eigenvalue weighted by Gasteiger charge is 2.27. The van der Waals surface area contributed by atoms with Crippen LogP contribution in [0, 0.1) is 0 Å². The van der Waals surface area contributed by atoms with Crippen LogP contribution in [0.15, 0.2) is 75.5 Å². The van der Waals surface area contributed by atoms with Gasteiger partial charge in [0.25, 0.3) is 5.89 Å². The van der Waals surface area contributed by atoms with Gasteiger partial charge in [0.05, 0.1) is 17.9 Å². The van der Waals surface area contributed by atoms with E-state index in [0.717, 1.165) is 33.0 Å². The van der Waals surface area contributed by atoms with E-state index in [1.165, 1.54) is 0 Å². The lowest BCUT2D eigenvalue weighted by molar-refractivity contribution is -0.119. The van der Waals surface area contributed by atoms with Crippen LogP contribution in [0.25, 0.3) is 11.5 Å². The summed E-state index contributed by atoms with van der Waals surface area (Å²) in [5.41, 5.74) is 4.38. The Balaban J connectivity index is 1.43. The summed E-state index contributed by atoms with van der Waals surface area (Å²) in [5, 5.41) is 17.5. The molecule has 2 N–H and O–H groups in total. The smallest absolute Gasteiger partial charge is 0.317 e. The van der Waals surface area contributed by atoms with Gasteiger partial charge in [-0.15, -0.1) is 16.4 Å². The number of nitrogens with one attached hydrogen (secondary N) is 2. The molecule has 3 heterocycles. The van der Waals surface area contributed by atoms with E-state index in [4.69, 9.17) is 14.1 Å². The maximum atomic E-state index is 13.1. The van der Waals surface area contributed by atoms with E-state index in [9.17, 15) is 4.79 Å². The summed E-state index contributed by atoms with van der Waals surface area (Å²) >= 11 is 1.54. The van der Waals surface area contributed by atoms with E-state index in [0.29, 0.717) is 19.0 Å². The Morgan fingerprint density at radius 3 is 2.74 bits per heavy atom. The van der Waals surface area contributed by atoms with Crippen LogP contribution < -0.4 is 10.6 Å². The summed E-state index contributed by atoms with van der Waals surface area (Å²) in [6.07, 6.45) is -0.593. The first-order valence-electron chi connectivity index (χ1n) is 10.9. The third-order valence-corrected chi connectivity index (χ3v) is 6.29. The number of hydrogen-bond donors (Lipinski definition) is 2. The number of anilines is 2. The first kappa shape index (κ1) is 22.0. The molecule has 8 nitrogen and oxygen atoms in total. The van der Waals surface area contributed by atoms with Gasteiger partial charge >= 0.3 is 6.01 Å². The molecule has 0 bridgehead atoms. The van der Waals surface area contributed by atoms with Crippen molar-refractivity contribution in [3.05, 3.63) is 82.7 Å². The average molecular weight is 474 g/mol. The third-order valence-electron chi connectivity index (χ3n) is 5.42. The van der Waals surface area contributed by atoms with E-state index in [2.05, 4.69) is 20.8 Å². The second-order valence-corrected chi connectivity index (χ2v) is 8.60. The van der Waals surface area contributed by atoms with Gasteiger partial charge < -0.3 is 19.8 Å². The SMILES string of the molecule is COCCNc1sccc1-c1nnc(N[C@H]2N=C(c3ccccc3)c3ccccc3CC2=O)o1. The fourth-order valence-electron chi connectivity index (χ4n) is 3.79. The Morgan fingerprint density at radius 2 is 1.88 bits per heavy atom. The number of methoxy groups -OCH3 is 1. The molecule has 0 fully saturated rings. The van der Waals surface area contributed by atoms with Gasteiger partial charge in [-0.1, -0.05) is 59.7 Å². The molecule has 4 aromatic rings. The molecule has 0 saturated heterocycles. The summed E-state index contributed by atoms with van der Waals surface area (Å²) < 4.78 is 11.0. The van der Waals surface area contributed by atoms with Gasteiger partial charge in [-0.3, -0.25) is 9.79 Å². The maximum absolute atomic E-state index is 13.1. The molecule has 1 aliphatic rings. The molecule has 2 aromatic heterocycles. The topological polar surface area (TPSA) is 102 Å². The molecular formula is C25H23N5O3S. The fourth-order valence-corrected chi connectivity index (χ4v) is 4.60. The molecule has 0 spiro atoms. The number of ketones is 1. The van der Waals surface area contributed by atoms with Crippen LogP contribution in [0.5, 0.6) is 0 Å². The molecule has 5 rings (SSSR count). The van der Waals surface area contributed by atoms with Crippen LogP contribution >= 0.6 is 11.3 Å². The summed E-state index contributed by atoms with van der Waals surface area (Å²) in [5.74, 6) is 0.288. The minimum atomic E-state index is -0.849. The minimum absolute atomic E-state index is 0.0735. The van der Waals surface area contributed by atoms with E-state index in [1.54, 1.807) is 18.4 Å². The predicted octanol–water partition coefficient (Wildman–Crippen LogP) is 4.26. The Labute approximate surface area is 200 Å². The van der Waals surface area contributed by atoms with E-state index in [-0.39, 0.29) is 18.2 Å². The summed E-state index contributed by atoms with van der Waals surface area (Å²) in [7, 11) is 1.66. The second kappa shape index (κ2) is 9.98. The molecule has 9 heteroatoms. The minimum Gasteiger partial charge on any atom is -0.403 e. The number of fused-ring (bicyclic) bond motifs is 1. The zero-order valence-corrected chi connectivity index (χ0v) is 19.3. The summed E-state index contributed by atoms with van der Waals surface area (Å²) in [4.78, 5) is 17.9. The third kappa shape index (κ3) is 4.61. The van der Waals surface area contributed by atoms with Crippen molar-refractivity contribution in [1.82, 2.24) is 10.2 Å². The van der Waals surface area contributed by atoms with Gasteiger partial charge in [-0.25, -0.2) is 0 Å². The Kier molecular flexibility index (Phi) is 6.46. The van der Waals surface area contributed by atoms with Crippen molar-refractivity contribution in [3.63, 3.8) is 0 Å². The molecule has 1 atom stereocenters. The highest BCUT2D eigenvalue weighted by molar-refractivity contribution is 7.14. The number of aliphatic imine (C=N–C) groups is 1. The van der Waals surface area contributed by atoms with Crippen molar-refractivity contribution in [3.8, 4) is 11.5 Å². The maximum Gasteiger partial charge on any atom is 0.317 e. The number of Topliss-reactive ketones (excluding diaryl/α,β-unsaturated/α-hetero) is 1. The van der Waals surface area contributed by atoms with E-state index in [1.807, 2.05) is 66.0 Å². The standard InChI is InChI=1S/C25H23N5O3S/c1-32-13-12-26-24-19(11-14-34-24)23-29-30-25(33-23)28-22-20(31)15-17-9-5-6-10-18(17)21(27-22)16-7-3-2-4-8-16/h2-11,14,22,26H,12-13,15H2,1H3,(H,28,30)/t22-/m1/s1. The number of carbonyl (C=O) groups excluding carboxylic acids is 1. The van der Waals surface area contributed by atoms with Crippen LogP contribution in [0.1, 0.15) is 16.7 Å². The van der Waals surface area contributed by atoms with Crippen LogP contribution in [0.3, 0.4) is 0 Å². The molecule has 0 radical (unpaired) electrons. The van der Waals surface area contributed by atoms with Crippen molar-refractivity contribution in [1.29, 1.82) is 0 Å². The highest BCUT2D eigenvalue weighted by Crippen LogP contribution is 2.33. The number of aromatic nitrogens is 2. The van der Waals surface area contributed by atoms with Gasteiger partial charge in [0.15, 0.2) is 11.9 Å². The molecular weight excluding hydrogens is 450 g/mol. The number of hydrogen-bond acceptors (Lipinski definition) is 9. The van der Waals surface area contributed by atoms with Gasteiger partial charge in [0, 0.05) is 31.2 Å². The van der Waals surface area contributed by atoms with Gasteiger partial charge in [0.1, 0.15) is 5.00 Å². The number of rotatable bonds is 8. The fraction of sp³-hybridized carbons (Fsp3) is 0.200. The normalized spacial score (nSPS) is 15.4. The second-order valence-electron chi connectivity index (χ2n) is 7.69. The Bertz CT molecular complexity index is 1310. The number of benzene rings is 2. The van der Waals surface area contributed by atoms with Gasteiger partial charge in [-0.05, 0) is 17.0 Å². The quantitative estimate of drug-likeness (QED) is 0.369. The first-order chi connectivity index (χ1) is 16.7. The van der Waals surface area contributed by atoms with Crippen LogP contribution in [0.2, 0.25) is 0 Å². The molecule has 2 aromatic carbocycles. The molecule has 0 aliphatic carbocycles. The predicted molar refractivity (Wildman–Crippen MR) is 133 cm³/mol. The molecule has 0 unspecified atom stereocenters. The van der Waals surface area contributed by atoms with Crippen LogP contribution in [-0.2, 0) is 16.0 Å². The lowest BCUT2D eigenvalue weighted by Gasteiger charge is -2.11. The zero-order valence-electron chi connectivity index (χ0n) is 18.5. The zero-order chi connectivity index (χ0) is 23.3. The van der Waals surface area contributed by atoms with E-state index < -0.39 is 6.17 Å². The van der Waals surface area contributed by atoms with Crippen molar-refractivity contribution in [2.24, 2.45) is 4.99 Å². The van der Waals surface area contributed by atoms with Gasteiger partial charge in [0.2, 0.25) is 0 Å². The van der Waals surface area contributed by atoms with Crippen molar-refractivity contribution < 1.29 is 13.9 Å². The summed E-state index contributed by atoms with van der Waals surface area (Å²) in [6.45, 7) is 1.25. The number of nitrogens with zero attached hydrogens (tertiary/aromatic N) is 3. The Hall–Kier alpha value is -3.82. The highest BCUT2D eigenvalue weighted by atomic mass is 32.1. The number of carbonyl (C=O) groups is 1. The molecule has 0 amide bonds. The van der Waals surface area contributed by atoms with Crippen LogP contribution in [0.4, 0.5) is 11.0 Å². The summed E-state index contributed by atoms with van der Waals surface area (Å²) in [6, 6.07) is 19.8. The first-order valence-corrected chi connectivity index (χ1v) is 11.8. The number of thiophene rings is 1. The molecule has 34 heavy (non-hydrogen) atoms. The Morgan fingerprint density at radius 1 is 1.06 bits per heavy atom. The lowest BCUT2D eigenvalue weighted by Crippen LogP contribution is -2.29. The van der Waals surface area contributed by atoms with Crippen LogP contribution in [-0.4, -0.2) is 48.1 Å². The average Bonchev–Trinajstić information content (AvgIpc) is 3.49. The molecule has 172 valence electrons. The lowest BCUT2D eigenvalue weighted by atomic mass is 9.96. The number of ether oxygens (including phenoxy) is 1. The van der Waals surface area contributed by atoms with E-state index >= 15 is 0 Å². The van der Waals surface area contributed by atoms with Crippen molar-refractivity contribution in [2.45, 2.75) is 12.6 Å². The van der Waals surface area contributed by atoms with Crippen molar-refractivity contribution in [2.75, 3.05) is 30.9 Å². The largest absolute Gasteiger partial charge is 0.403 e. The molecule has 0 saturated carbocycles. The van der Waals surface area contributed by atoms with Gasteiger partial charge in [-0.2, -0.15) is 0 Å². The van der Waals surface area contributed by atoms with Crippen molar-refractivity contribution >= 4 is 33.8 Å².